The number of nitro groups is 1. The molecule has 1 saturated heterocycles. The molecule has 2 aromatic rings. The maximum absolute atomic E-state index is 10.7. The summed E-state index contributed by atoms with van der Waals surface area (Å²) in [7, 11) is 0. The van der Waals surface area contributed by atoms with E-state index >= 15 is 0 Å². The quantitative estimate of drug-likeness (QED) is 0.494. The van der Waals surface area contributed by atoms with Gasteiger partial charge in [0.05, 0.1) is 15.9 Å². The fourth-order valence-corrected chi connectivity index (χ4v) is 4.15. The van der Waals surface area contributed by atoms with Crippen molar-refractivity contribution >= 4 is 46.5 Å². The second-order valence-electron chi connectivity index (χ2n) is 4.66. The molecular formula is C14H11Cl2N3O2S. The summed E-state index contributed by atoms with van der Waals surface area (Å²) in [5.41, 5.74) is 5.03. The van der Waals surface area contributed by atoms with Crippen molar-refractivity contribution in [2.45, 2.75) is 5.25 Å². The molecule has 114 valence electrons. The summed E-state index contributed by atoms with van der Waals surface area (Å²) >= 11 is 14.0. The molecule has 1 heterocycles. The van der Waals surface area contributed by atoms with Crippen molar-refractivity contribution in [2.75, 3.05) is 11.0 Å². The molecule has 5 nitrogen and oxygen atoms in total. The molecule has 3 rings (SSSR count). The zero-order chi connectivity index (χ0) is 15.7. The molecule has 8 heteroatoms. The number of rotatable bonds is 3. The van der Waals surface area contributed by atoms with E-state index in [1.165, 1.54) is 12.1 Å². The first kappa shape index (κ1) is 15.4. The number of anilines is 1. The van der Waals surface area contributed by atoms with Crippen molar-refractivity contribution in [1.29, 1.82) is 0 Å². The molecule has 1 atom stereocenters. The predicted molar refractivity (Wildman–Crippen MR) is 90.4 cm³/mol. The van der Waals surface area contributed by atoms with Gasteiger partial charge in [-0.15, -0.1) is 0 Å². The molecule has 0 amide bonds. The predicted octanol–water partition coefficient (Wildman–Crippen LogP) is 4.62. The molecule has 1 fully saturated rings. The first-order chi connectivity index (χ1) is 10.6. The van der Waals surface area contributed by atoms with Gasteiger partial charge in [-0.3, -0.25) is 10.1 Å². The molecule has 0 aliphatic carbocycles. The number of hydrazine groups is 1. The Morgan fingerprint density at radius 1 is 1.18 bits per heavy atom. The van der Waals surface area contributed by atoms with E-state index in [4.69, 9.17) is 23.2 Å². The largest absolute Gasteiger partial charge is 0.269 e. The number of benzene rings is 2. The first-order valence-corrected chi connectivity index (χ1v) is 8.04. The monoisotopic (exact) mass is 355 g/mol. The van der Waals surface area contributed by atoms with E-state index in [0.29, 0.717) is 16.6 Å². The molecule has 2 aromatic carbocycles. The minimum Gasteiger partial charge on any atom is -0.258 e. The number of nitrogens with one attached hydrogen (secondary N) is 1. The number of non-ortho nitro benzene ring substituents is 1. The van der Waals surface area contributed by atoms with Crippen LogP contribution in [0.15, 0.2) is 42.5 Å². The number of hydrogen-bond acceptors (Lipinski definition) is 5. The van der Waals surface area contributed by atoms with E-state index in [9.17, 15) is 10.1 Å². The molecule has 1 unspecified atom stereocenters. The molecule has 0 bridgehead atoms. The zero-order valence-corrected chi connectivity index (χ0v) is 13.5. The molecule has 0 saturated carbocycles. The summed E-state index contributed by atoms with van der Waals surface area (Å²) in [4.78, 5) is 10.3. The summed E-state index contributed by atoms with van der Waals surface area (Å²) in [5, 5.41) is 12.0. The van der Waals surface area contributed by atoms with Crippen LogP contribution in [0.2, 0.25) is 10.0 Å². The highest BCUT2D eigenvalue weighted by Gasteiger charge is 2.28. The molecular weight excluding hydrogens is 345 g/mol. The van der Waals surface area contributed by atoms with Gasteiger partial charge in [-0.05, 0) is 36.2 Å². The van der Waals surface area contributed by atoms with Gasteiger partial charge in [0.25, 0.3) is 5.69 Å². The Morgan fingerprint density at radius 2 is 1.82 bits per heavy atom. The molecule has 1 aliphatic rings. The maximum Gasteiger partial charge on any atom is 0.269 e. The summed E-state index contributed by atoms with van der Waals surface area (Å²) < 4.78 is 1.87. The van der Waals surface area contributed by atoms with Gasteiger partial charge in [0.15, 0.2) is 0 Å². The molecule has 0 aromatic heterocycles. The molecule has 0 spiro atoms. The summed E-state index contributed by atoms with van der Waals surface area (Å²) in [6.07, 6.45) is 0. The van der Waals surface area contributed by atoms with Gasteiger partial charge < -0.3 is 0 Å². The van der Waals surface area contributed by atoms with Crippen LogP contribution in [-0.4, -0.2) is 11.5 Å². The summed E-state index contributed by atoms with van der Waals surface area (Å²) in [6, 6.07) is 11.8. The number of nitro benzene ring substituents is 1. The van der Waals surface area contributed by atoms with Crippen LogP contribution in [0.3, 0.4) is 0 Å². The van der Waals surface area contributed by atoms with Gasteiger partial charge in [0.2, 0.25) is 0 Å². The van der Waals surface area contributed by atoms with Gasteiger partial charge in [-0.25, -0.2) is 9.84 Å². The van der Waals surface area contributed by atoms with E-state index in [-0.39, 0.29) is 10.9 Å². The summed E-state index contributed by atoms with van der Waals surface area (Å²) in [6.45, 7) is 0.672. The third-order valence-electron chi connectivity index (χ3n) is 3.27. The van der Waals surface area contributed by atoms with E-state index in [1.807, 2.05) is 22.6 Å². The lowest BCUT2D eigenvalue weighted by atomic mass is 10.1. The fraction of sp³-hybridized carbons (Fsp3) is 0.143. The molecule has 0 radical (unpaired) electrons. The Bertz CT molecular complexity index is 691. The fourth-order valence-electron chi connectivity index (χ4n) is 2.20. The smallest absolute Gasteiger partial charge is 0.258 e. The average molecular weight is 356 g/mol. The lowest BCUT2D eigenvalue weighted by Crippen LogP contribution is -2.25. The standard InChI is InChI=1S/C14H11Cl2N3O2S/c15-11-2-1-3-12(16)14(11)13-8-17-18(22-13)9-4-6-10(7-5-9)19(20)21/h1-7,13,17H,8H2. The first-order valence-electron chi connectivity index (χ1n) is 6.45. The zero-order valence-electron chi connectivity index (χ0n) is 11.2. The highest BCUT2D eigenvalue weighted by Crippen LogP contribution is 2.43. The average Bonchev–Trinajstić information content (AvgIpc) is 2.97. The van der Waals surface area contributed by atoms with Gasteiger partial charge in [-0.2, -0.15) is 0 Å². The second-order valence-corrected chi connectivity index (χ2v) is 6.62. The molecule has 1 N–H and O–H groups in total. The van der Waals surface area contributed by atoms with E-state index in [0.717, 1.165) is 11.3 Å². The number of nitrogens with zero attached hydrogens (tertiary/aromatic N) is 2. The van der Waals surface area contributed by atoms with E-state index < -0.39 is 4.92 Å². The van der Waals surface area contributed by atoms with Crippen LogP contribution in [0.4, 0.5) is 11.4 Å². The minimum absolute atomic E-state index is 0.0682. The highest BCUT2D eigenvalue weighted by atomic mass is 35.5. The minimum atomic E-state index is -0.416. The number of halogens is 2. The number of hydrogen-bond donors (Lipinski definition) is 1. The van der Waals surface area contributed by atoms with Crippen molar-refractivity contribution in [3.63, 3.8) is 0 Å². The lowest BCUT2D eigenvalue weighted by Gasteiger charge is -2.17. The molecule has 1 aliphatic heterocycles. The van der Waals surface area contributed by atoms with Gasteiger partial charge in [0, 0.05) is 34.3 Å². The lowest BCUT2D eigenvalue weighted by molar-refractivity contribution is -0.384. The van der Waals surface area contributed by atoms with Crippen LogP contribution in [0.5, 0.6) is 0 Å². The Labute approximate surface area is 141 Å². The van der Waals surface area contributed by atoms with Crippen LogP contribution < -0.4 is 9.84 Å². The van der Waals surface area contributed by atoms with Crippen molar-refractivity contribution in [3.8, 4) is 0 Å². The van der Waals surface area contributed by atoms with Crippen molar-refractivity contribution in [2.24, 2.45) is 0 Å². The third-order valence-corrected chi connectivity index (χ3v) is 5.14. The van der Waals surface area contributed by atoms with Crippen LogP contribution in [-0.2, 0) is 0 Å². The van der Waals surface area contributed by atoms with Crippen molar-refractivity contribution in [3.05, 3.63) is 68.2 Å². The molecule has 22 heavy (non-hydrogen) atoms. The SMILES string of the molecule is O=[N+]([O-])c1ccc(N2NCC(c3c(Cl)cccc3Cl)S2)cc1. The van der Waals surface area contributed by atoms with E-state index in [1.54, 1.807) is 24.1 Å². The van der Waals surface area contributed by atoms with Gasteiger partial charge in [-0.1, -0.05) is 29.3 Å². The van der Waals surface area contributed by atoms with Crippen molar-refractivity contribution < 1.29 is 4.92 Å². The highest BCUT2D eigenvalue weighted by molar-refractivity contribution is 8.01. The third kappa shape index (κ3) is 3.01. The second kappa shape index (κ2) is 6.34. The van der Waals surface area contributed by atoms with Gasteiger partial charge >= 0.3 is 0 Å². The van der Waals surface area contributed by atoms with Crippen LogP contribution >= 0.6 is 35.1 Å². The van der Waals surface area contributed by atoms with Crippen LogP contribution in [0.25, 0.3) is 0 Å². The summed E-state index contributed by atoms with van der Waals surface area (Å²) in [5.74, 6) is 0. The normalized spacial score (nSPS) is 17.7. The van der Waals surface area contributed by atoms with Crippen molar-refractivity contribution in [1.82, 2.24) is 5.43 Å². The maximum atomic E-state index is 10.7. The van der Waals surface area contributed by atoms with Gasteiger partial charge in [0.1, 0.15) is 0 Å². The van der Waals surface area contributed by atoms with Crippen LogP contribution in [0, 0.1) is 10.1 Å². The Kier molecular flexibility index (Phi) is 4.44. The van der Waals surface area contributed by atoms with Crippen LogP contribution in [0.1, 0.15) is 10.8 Å². The Hall–Kier alpha value is -1.47. The Balaban J connectivity index is 1.79. The van der Waals surface area contributed by atoms with E-state index in [2.05, 4.69) is 5.43 Å². The topological polar surface area (TPSA) is 58.4 Å². The Morgan fingerprint density at radius 3 is 2.41 bits per heavy atom.